The summed E-state index contributed by atoms with van der Waals surface area (Å²) >= 11 is 4.52. The van der Waals surface area contributed by atoms with E-state index in [1.165, 1.54) is 0 Å². The average molecular weight is 953 g/mol. The zero-order valence-corrected chi connectivity index (χ0v) is 37.7. The van der Waals surface area contributed by atoms with Crippen molar-refractivity contribution in [3.63, 3.8) is 0 Å². The second-order valence-electron chi connectivity index (χ2n) is 19.3. The summed E-state index contributed by atoms with van der Waals surface area (Å²) in [7, 11) is 1.76. The molecule has 0 radical (unpaired) electrons. The highest BCUT2D eigenvalue weighted by Crippen LogP contribution is 2.76. The van der Waals surface area contributed by atoms with Crippen molar-refractivity contribution in [2.24, 2.45) is 45.3 Å². The molecule has 4 aliphatic rings. The lowest BCUT2D eigenvalue weighted by Gasteiger charge is -2.70. The second-order valence-corrected chi connectivity index (χ2v) is 21.8. The molecule has 6 rings (SSSR count). The fourth-order valence-electron chi connectivity index (χ4n) is 12.5. The van der Waals surface area contributed by atoms with Gasteiger partial charge in [-0.15, -0.1) is 0 Å². The Labute approximate surface area is 345 Å². The molecule has 1 N–H and O–H groups in total. The van der Waals surface area contributed by atoms with Crippen molar-refractivity contribution in [3.05, 3.63) is 66.8 Å². The predicted octanol–water partition coefficient (Wildman–Crippen LogP) is 11.3. The number of carbonyl (C=O) groups is 2. The first-order chi connectivity index (χ1) is 24.7. The Hall–Kier alpha value is -1.24. The van der Waals surface area contributed by atoms with Gasteiger partial charge in [0.25, 0.3) is 0 Å². The van der Waals surface area contributed by atoms with Gasteiger partial charge in [-0.3, -0.25) is 0 Å². The smallest absolute Gasteiger partial charge is 0.338 e. The fraction of sp³-hybridized carbons (Fsp3) is 0.689. The van der Waals surface area contributed by atoms with E-state index in [9.17, 15) is 14.7 Å². The molecule has 0 amide bonds. The van der Waals surface area contributed by atoms with Crippen molar-refractivity contribution in [2.75, 3.05) is 7.11 Å². The van der Waals surface area contributed by atoms with E-state index < -0.39 is 5.60 Å². The number of esters is 2. The van der Waals surface area contributed by atoms with Crippen molar-refractivity contribution >= 4 is 57.1 Å². The molecule has 10 atom stereocenters. The number of aliphatic hydroxyl groups is 1. The van der Waals surface area contributed by atoms with Gasteiger partial charge < -0.3 is 19.3 Å². The molecule has 4 fully saturated rings. The predicted molar refractivity (Wildman–Crippen MR) is 227 cm³/mol. The Kier molecular flexibility index (Phi) is 11.7. The van der Waals surface area contributed by atoms with Gasteiger partial charge in [0.2, 0.25) is 0 Å². The molecular weight excluding hydrogens is 890 g/mol. The lowest BCUT2D eigenvalue weighted by molar-refractivity contribution is -0.246. The van der Waals surface area contributed by atoms with Crippen molar-refractivity contribution in [2.45, 2.75) is 143 Å². The standard InChI is InChI=1S/C45H62I2O6/c1-40(2,51-9)22-10-23-45(8,50)32-19-25-44(7)37(32)33(52-38(48)28-11-15-30(46)16-12-28)27-35-42(5)24-21-36(41(3,4)34(42)20-26-43(35,44)6)53-39(49)29-13-17-31(47)18-14-29/h11-18,32-37,50H,10,19-27H2,1-9H3/t32-,33+,34-,35+,36-,37-,42-,43+,44+,45+/m0/s1. The van der Waals surface area contributed by atoms with Gasteiger partial charge in [0, 0.05) is 25.6 Å². The highest BCUT2D eigenvalue weighted by atomic mass is 127. The first kappa shape index (κ1) is 41.4. The van der Waals surface area contributed by atoms with Gasteiger partial charge in [0.1, 0.15) is 12.2 Å². The third kappa shape index (κ3) is 7.51. The fourth-order valence-corrected chi connectivity index (χ4v) is 13.2. The molecule has 0 heterocycles. The Balaban J connectivity index is 1.32. The van der Waals surface area contributed by atoms with Crippen molar-refractivity contribution in [1.82, 2.24) is 0 Å². The van der Waals surface area contributed by atoms with E-state index in [4.69, 9.17) is 14.2 Å². The van der Waals surface area contributed by atoms with Crippen LogP contribution in [0.5, 0.6) is 0 Å². The molecule has 0 saturated heterocycles. The maximum atomic E-state index is 14.0. The van der Waals surface area contributed by atoms with E-state index in [1.54, 1.807) is 7.11 Å². The Bertz CT molecular complexity index is 1650. The largest absolute Gasteiger partial charge is 0.458 e. The molecule has 0 aromatic heterocycles. The van der Waals surface area contributed by atoms with Crippen LogP contribution >= 0.6 is 45.2 Å². The summed E-state index contributed by atoms with van der Waals surface area (Å²) in [6.45, 7) is 18.4. The summed E-state index contributed by atoms with van der Waals surface area (Å²) in [5.74, 6) is 0.198. The topological polar surface area (TPSA) is 82.1 Å². The molecule has 2 aromatic carbocycles. The average Bonchev–Trinajstić information content (AvgIpc) is 3.47. The van der Waals surface area contributed by atoms with Gasteiger partial charge in [0.05, 0.1) is 22.3 Å². The third-order valence-corrected chi connectivity index (χ3v) is 17.2. The Morgan fingerprint density at radius 1 is 0.755 bits per heavy atom. The van der Waals surface area contributed by atoms with Gasteiger partial charge in [-0.05, 0) is 213 Å². The minimum absolute atomic E-state index is 0.00166. The van der Waals surface area contributed by atoms with E-state index in [0.717, 1.165) is 64.9 Å². The van der Waals surface area contributed by atoms with Gasteiger partial charge in [-0.2, -0.15) is 0 Å². The Morgan fingerprint density at radius 2 is 1.30 bits per heavy atom. The zero-order valence-electron chi connectivity index (χ0n) is 33.4. The highest BCUT2D eigenvalue weighted by Gasteiger charge is 2.72. The van der Waals surface area contributed by atoms with Gasteiger partial charge >= 0.3 is 11.9 Å². The summed E-state index contributed by atoms with van der Waals surface area (Å²) in [6, 6.07) is 15.3. The first-order valence-electron chi connectivity index (χ1n) is 19.9. The summed E-state index contributed by atoms with van der Waals surface area (Å²) in [6.07, 6.45) is 8.56. The number of fused-ring (bicyclic) bond motifs is 5. The van der Waals surface area contributed by atoms with Gasteiger partial charge in [-0.1, -0.05) is 34.6 Å². The number of ether oxygens (including phenoxy) is 3. The van der Waals surface area contributed by atoms with Crippen LogP contribution in [0.4, 0.5) is 0 Å². The zero-order chi connectivity index (χ0) is 38.8. The molecule has 2 aromatic rings. The number of methoxy groups -OCH3 is 1. The first-order valence-corrected chi connectivity index (χ1v) is 22.0. The van der Waals surface area contributed by atoms with E-state index in [-0.39, 0.29) is 63.2 Å². The van der Waals surface area contributed by atoms with Crippen LogP contribution in [-0.2, 0) is 14.2 Å². The second kappa shape index (κ2) is 14.9. The number of rotatable bonds is 10. The van der Waals surface area contributed by atoms with Crippen LogP contribution in [0.1, 0.15) is 140 Å². The van der Waals surface area contributed by atoms with Crippen molar-refractivity contribution < 1.29 is 28.9 Å². The molecule has 0 unspecified atom stereocenters. The Morgan fingerprint density at radius 3 is 1.87 bits per heavy atom. The van der Waals surface area contributed by atoms with Gasteiger partial charge in [-0.25, -0.2) is 9.59 Å². The molecule has 0 aliphatic heterocycles. The maximum absolute atomic E-state index is 14.0. The van der Waals surface area contributed by atoms with E-state index in [1.807, 2.05) is 55.5 Å². The summed E-state index contributed by atoms with van der Waals surface area (Å²) in [4.78, 5) is 27.4. The minimum Gasteiger partial charge on any atom is -0.458 e. The summed E-state index contributed by atoms with van der Waals surface area (Å²) in [5.41, 5.74) is -0.344. The number of hydrogen-bond donors (Lipinski definition) is 1. The van der Waals surface area contributed by atoms with E-state index in [2.05, 4.69) is 93.6 Å². The van der Waals surface area contributed by atoms with Crippen molar-refractivity contribution in [1.29, 1.82) is 0 Å². The normalized spacial score (nSPS) is 36.0. The van der Waals surface area contributed by atoms with Crippen LogP contribution in [0, 0.1) is 52.5 Å². The lowest BCUT2D eigenvalue weighted by atomic mass is 9.35. The number of hydrogen-bond acceptors (Lipinski definition) is 6. The molecular formula is C45H62I2O6. The van der Waals surface area contributed by atoms with Crippen LogP contribution in [0.15, 0.2) is 48.5 Å². The van der Waals surface area contributed by atoms with Crippen LogP contribution < -0.4 is 0 Å². The molecule has 0 bridgehead atoms. The van der Waals surface area contributed by atoms with E-state index in [0.29, 0.717) is 29.4 Å². The summed E-state index contributed by atoms with van der Waals surface area (Å²) < 4.78 is 21.0. The number of carbonyl (C=O) groups excluding carboxylic acids is 2. The molecule has 0 spiro atoms. The van der Waals surface area contributed by atoms with Crippen molar-refractivity contribution in [3.8, 4) is 0 Å². The molecule has 6 nitrogen and oxygen atoms in total. The quantitative estimate of drug-likeness (QED) is 0.189. The van der Waals surface area contributed by atoms with Crippen LogP contribution in [0.3, 0.4) is 0 Å². The molecule has 4 aliphatic carbocycles. The monoisotopic (exact) mass is 952 g/mol. The van der Waals surface area contributed by atoms with Gasteiger partial charge in [0.15, 0.2) is 0 Å². The van der Waals surface area contributed by atoms with Crippen LogP contribution in [-0.4, -0.2) is 47.6 Å². The number of halogens is 2. The SMILES string of the molecule is COC(C)(C)CCC[C@@](C)(O)[C@H]1CC[C@]2(C)[C@@H]1[C@H](OC(=O)c1ccc(I)cc1)C[C@@H]1[C@@]3(C)CC[C@H](OC(=O)c4ccc(I)cc4)C(C)(C)[C@@H]3CC[C@]12C. The highest BCUT2D eigenvalue weighted by molar-refractivity contribution is 14.1. The molecule has 8 heteroatoms. The minimum atomic E-state index is -0.898. The third-order valence-electron chi connectivity index (χ3n) is 15.8. The molecule has 4 saturated carbocycles. The van der Waals surface area contributed by atoms with Crippen LogP contribution in [0.25, 0.3) is 0 Å². The maximum Gasteiger partial charge on any atom is 0.338 e. The lowest BCUT2D eigenvalue weighted by Crippen LogP contribution is -2.67. The summed E-state index contributed by atoms with van der Waals surface area (Å²) in [5, 5.41) is 12.4. The molecule has 292 valence electrons. The molecule has 53 heavy (non-hydrogen) atoms. The van der Waals surface area contributed by atoms with E-state index >= 15 is 0 Å². The van der Waals surface area contributed by atoms with Crippen LogP contribution in [0.2, 0.25) is 0 Å². The number of benzene rings is 2.